The van der Waals surface area contributed by atoms with Gasteiger partial charge in [0.25, 0.3) is 0 Å². The van der Waals surface area contributed by atoms with Crippen molar-refractivity contribution in [1.29, 1.82) is 0 Å². The van der Waals surface area contributed by atoms with Crippen molar-refractivity contribution >= 4 is 27.7 Å². The molecule has 0 bridgehead atoms. The molecule has 0 aliphatic heterocycles. The van der Waals surface area contributed by atoms with Crippen molar-refractivity contribution in [2.45, 2.75) is 0 Å². The monoisotopic (exact) mass is 336 g/mol. The molecule has 0 fully saturated rings. The van der Waals surface area contributed by atoms with Gasteiger partial charge in [-0.1, -0.05) is 40.2 Å². The van der Waals surface area contributed by atoms with Crippen LogP contribution in [0.3, 0.4) is 0 Å². The van der Waals surface area contributed by atoms with Crippen LogP contribution in [0.15, 0.2) is 53.0 Å². The van der Waals surface area contributed by atoms with E-state index in [2.05, 4.69) is 15.9 Å². The van der Waals surface area contributed by atoms with Gasteiger partial charge < -0.3 is 4.74 Å². The molecule has 0 unspecified atom stereocenters. The van der Waals surface area contributed by atoms with E-state index in [9.17, 15) is 14.0 Å². The number of hydrogen-bond acceptors (Lipinski definition) is 3. The van der Waals surface area contributed by atoms with Gasteiger partial charge in [0.15, 0.2) is 12.4 Å². The first kappa shape index (κ1) is 14.4. The Morgan fingerprint density at radius 2 is 1.70 bits per heavy atom. The summed E-state index contributed by atoms with van der Waals surface area (Å²) in [7, 11) is 0. The SMILES string of the molecule is O=C(COC(=O)c1ccccc1F)c1ccc(Br)cc1. The van der Waals surface area contributed by atoms with Gasteiger partial charge in [0.1, 0.15) is 5.82 Å². The number of benzene rings is 2. The normalized spacial score (nSPS) is 10.1. The van der Waals surface area contributed by atoms with E-state index in [1.165, 1.54) is 18.2 Å². The second kappa shape index (κ2) is 6.43. The summed E-state index contributed by atoms with van der Waals surface area (Å²) in [5.41, 5.74) is 0.241. The maximum Gasteiger partial charge on any atom is 0.341 e. The summed E-state index contributed by atoms with van der Waals surface area (Å²) in [5.74, 6) is -1.87. The Morgan fingerprint density at radius 1 is 1.05 bits per heavy atom. The Labute approximate surface area is 123 Å². The predicted octanol–water partition coefficient (Wildman–Crippen LogP) is 3.63. The molecule has 102 valence electrons. The van der Waals surface area contributed by atoms with E-state index < -0.39 is 18.4 Å². The van der Waals surface area contributed by atoms with Crippen molar-refractivity contribution in [3.63, 3.8) is 0 Å². The summed E-state index contributed by atoms with van der Waals surface area (Å²) < 4.78 is 19.0. The summed E-state index contributed by atoms with van der Waals surface area (Å²) in [6, 6.07) is 12.1. The average Bonchev–Trinajstić information content (AvgIpc) is 2.45. The first-order valence-electron chi connectivity index (χ1n) is 5.78. The minimum Gasteiger partial charge on any atom is -0.454 e. The van der Waals surface area contributed by atoms with Crippen LogP contribution in [0, 0.1) is 5.82 Å². The topological polar surface area (TPSA) is 43.4 Å². The average molecular weight is 337 g/mol. The Bertz CT molecular complexity index is 638. The van der Waals surface area contributed by atoms with Crippen LogP contribution in [0.5, 0.6) is 0 Å². The maximum atomic E-state index is 13.3. The molecule has 0 aromatic heterocycles. The van der Waals surface area contributed by atoms with Crippen molar-refractivity contribution in [2.24, 2.45) is 0 Å². The molecule has 2 aromatic rings. The lowest BCUT2D eigenvalue weighted by Gasteiger charge is -2.05. The molecule has 0 N–H and O–H groups in total. The van der Waals surface area contributed by atoms with Crippen molar-refractivity contribution in [3.05, 3.63) is 69.9 Å². The highest BCUT2D eigenvalue weighted by Crippen LogP contribution is 2.12. The van der Waals surface area contributed by atoms with E-state index in [0.717, 1.165) is 10.5 Å². The van der Waals surface area contributed by atoms with E-state index in [-0.39, 0.29) is 11.3 Å². The Balaban J connectivity index is 1.99. The highest BCUT2D eigenvalue weighted by molar-refractivity contribution is 9.10. The van der Waals surface area contributed by atoms with Crippen molar-refractivity contribution < 1.29 is 18.7 Å². The van der Waals surface area contributed by atoms with Gasteiger partial charge in [-0.2, -0.15) is 0 Å². The third-order valence-corrected chi connectivity index (χ3v) is 3.12. The summed E-state index contributed by atoms with van der Waals surface area (Å²) in [6.07, 6.45) is 0. The third-order valence-electron chi connectivity index (χ3n) is 2.59. The predicted molar refractivity (Wildman–Crippen MR) is 75.2 cm³/mol. The molecule has 2 aromatic carbocycles. The van der Waals surface area contributed by atoms with Gasteiger partial charge in [-0.15, -0.1) is 0 Å². The summed E-state index contributed by atoms with van der Waals surface area (Å²) >= 11 is 3.26. The van der Waals surface area contributed by atoms with Crippen LogP contribution >= 0.6 is 15.9 Å². The summed E-state index contributed by atoms with van der Waals surface area (Å²) in [5, 5.41) is 0. The van der Waals surface area contributed by atoms with E-state index in [4.69, 9.17) is 4.74 Å². The standard InChI is InChI=1S/C15H10BrFO3/c16-11-7-5-10(6-8-11)14(18)9-20-15(19)12-3-1-2-4-13(12)17/h1-8H,9H2. The smallest absolute Gasteiger partial charge is 0.341 e. The van der Waals surface area contributed by atoms with Crippen LogP contribution in [0.4, 0.5) is 4.39 Å². The second-order valence-electron chi connectivity index (χ2n) is 3.99. The zero-order chi connectivity index (χ0) is 14.5. The number of halogens is 2. The molecule has 5 heteroatoms. The molecule has 0 saturated heterocycles. The Kier molecular flexibility index (Phi) is 4.63. The number of carbonyl (C=O) groups is 2. The fourth-order valence-electron chi connectivity index (χ4n) is 1.55. The molecule has 0 amide bonds. The Hall–Kier alpha value is -2.01. The molecule has 0 spiro atoms. The molecule has 0 aliphatic rings. The van der Waals surface area contributed by atoms with Crippen LogP contribution in [-0.4, -0.2) is 18.4 Å². The van der Waals surface area contributed by atoms with Crippen molar-refractivity contribution in [1.82, 2.24) is 0 Å². The van der Waals surface area contributed by atoms with E-state index in [1.807, 2.05) is 0 Å². The van der Waals surface area contributed by atoms with Gasteiger partial charge in [0.05, 0.1) is 5.56 Å². The maximum absolute atomic E-state index is 13.3. The van der Waals surface area contributed by atoms with Gasteiger partial charge in [-0.25, -0.2) is 9.18 Å². The summed E-state index contributed by atoms with van der Waals surface area (Å²) in [4.78, 5) is 23.4. The van der Waals surface area contributed by atoms with Crippen LogP contribution in [0.1, 0.15) is 20.7 Å². The number of ether oxygens (including phenoxy) is 1. The largest absolute Gasteiger partial charge is 0.454 e. The minimum atomic E-state index is -0.853. The number of hydrogen-bond donors (Lipinski definition) is 0. The van der Waals surface area contributed by atoms with Gasteiger partial charge >= 0.3 is 5.97 Å². The molecular weight excluding hydrogens is 327 g/mol. The molecular formula is C15H10BrFO3. The number of esters is 1. The second-order valence-corrected chi connectivity index (χ2v) is 4.90. The fourth-order valence-corrected chi connectivity index (χ4v) is 1.82. The zero-order valence-electron chi connectivity index (χ0n) is 10.3. The highest BCUT2D eigenvalue weighted by Gasteiger charge is 2.14. The summed E-state index contributed by atoms with van der Waals surface area (Å²) in [6.45, 7) is -0.422. The molecule has 2 rings (SSSR count). The number of ketones is 1. The van der Waals surface area contributed by atoms with Crippen molar-refractivity contribution in [2.75, 3.05) is 6.61 Å². The van der Waals surface area contributed by atoms with Crippen LogP contribution in [0.2, 0.25) is 0 Å². The van der Waals surface area contributed by atoms with Gasteiger partial charge in [0, 0.05) is 10.0 Å². The zero-order valence-corrected chi connectivity index (χ0v) is 11.9. The lowest BCUT2D eigenvalue weighted by atomic mass is 10.1. The fraction of sp³-hybridized carbons (Fsp3) is 0.0667. The van der Waals surface area contributed by atoms with Gasteiger partial charge in [-0.05, 0) is 24.3 Å². The Morgan fingerprint density at radius 3 is 2.35 bits per heavy atom. The van der Waals surface area contributed by atoms with Crippen LogP contribution in [-0.2, 0) is 4.74 Å². The first-order chi connectivity index (χ1) is 9.58. The van der Waals surface area contributed by atoms with Gasteiger partial charge in [-0.3, -0.25) is 4.79 Å². The van der Waals surface area contributed by atoms with Gasteiger partial charge in [0.2, 0.25) is 0 Å². The highest BCUT2D eigenvalue weighted by atomic mass is 79.9. The molecule has 0 heterocycles. The molecule has 0 atom stereocenters. The lowest BCUT2D eigenvalue weighted by molar-refractivity contribution is 0.0470. The first-order valence-corrected chi connectivity index (χ1v) is 6.57. The van der Waals surface area contributed by atoms with Crippen LogP contribution in [0.25, 0.3) is 0 Å². The molecule has 0 aliphatic carbocycles. The number of rotatable bonds is 4. The van der Waals surface area contributed by atoms with E-state index in [1.54, 1.807) is 24.3 Å². The molecule has 20 heavy (non-hydrogen) atoms. The molecule has 3 nitrogen and oxygen atoms in total. The quantitative estimate of drug-likeness (QED) is 0.632. The van der Waals surface area contributed by atoms with Crippen LogP contribution < -0.4 is 0 Å². The third kappa shape index (κ3) is 3.51. The lowest BCUT2D eigenvalue weighted by Crippen LogP contribution is -2.15. The number of Topliss-reactive ketones (excluding diaryl/α,β-unsaturated/α-hetero) is 1. The molecule has 0 radical (unpaired) electrons. The number of carbonyl (C=O) groups excluding carboxylic acids is 2. The van der Waals surface area contributed by atoms with E-state index in [0.29, 0.717) is 5.56 Å². The van der Waals surface area contributed by atoms with Crippen molar-refractivity contribution in [3.8, 4) is 0 Å². The van der Waals surface area contributed by atoms with E-state index >= 15 is 0 Å². The molecule has 0 saturated carbocycles. The minimum absolute atomic E-state index is 0.184.